The average Bonchev–Trinajstić information content (AvgIpc) is 2.56. The molecular formula is C10H9N3O2. The Morgan fingerprint density at radius 3 is 2.33 bits per heavy atom. The molecule has 1 aromatic carbocycles. The Kier molecular flexibility index (Phi) is 2.37. The Morgan fingerprint density at radius 1 is 1.00 bits per heavy atom. The number of hydrogen-bond donors (Lipinski definition) is 3. The third-order valence-electron chi connectivity index (χ3n) is 1.79. The zero-order chi connectivity index (χ0) is 10.7. The van der Waals surface area contributed by atoms with Crippen LogP contribution in [-0.4, -0.2) is 15.2 Å². The molecule has 1 heterocycles. The maximum Gasteiger partial charge on any atom is 0.219 e. The predicted molar refractivity (Wildman–Crippen MR) is 54.7 cm³/mol. The minimum Gasteiger partial charge on any atom is -0.494 e. The van der Waals surface area contributed by atoms with Crippen LogP contribution in [0, 0.1) is 0 Å². The number of H-pyrrole nitrogens is 1. The summed E-state index contributed by atoms with van der Waals surface area (Å²) in [6, 6.07) is 10.4. The number of aromatic amines is 1. The lowest BCUT2D eigenvalue weighted by Gasteiger charge is -1.89. The first kappa shape index (κ1) is 9.26. The van der Waals surface area contributed by atoms with Gasteiger partial charge in [0, 0.05) is 6.07 Å². The van der Waals surface area contributed by atoms with Crippen molar-refractivity contribution in [2.45, 2.75) is 0 Å². The molecule has 0 spiro atoms. The van der Waals surface area contributed by atoms with E-state index in [0.29, 0.717) is 5.69 Å². The van der Waals surface area contributed by atoms with Crippen LogP contribution in [0.3, 0.4) is 0 Å². The maximum atomic E-state index is 9.24. The van der Waals surface area contributed by atoms with Crippen LogP contribution in [0.15, 0.2) is 46.6 Å². The fraction of sp³-hybridized carbons (Fsp3) is 0. The van der Waals surface area contributed by atoms with Gasteiger partial charge in [0.15, 0.2) is 11.6 Å². The number of rotatable bonds is 2. The summed E-state index contributed by atoms with van der Waals surface area (Å²) in [5, 5.41) is 25.9. The molecule has 5 nitrogen and oxygen atoms in total. The highest BCUT2D eigenvalue weighted by Crippen LogP contribution is 2.31. The van der Waals surface area contributed by atoms with Crippen molar-refractivity contribution < 1.29 is 10.2 Å². The molecule has 0 fully saturated rings. The van der Waals surface area contributed by atoms with Gasteiger partial charge in [0.2, 0.25) is 5.88 Å². The summed E-state index contributed by atoms with van der Waals surface area (Å²) in [6.07, 6.45) is 0. The third kappa shape index (κ3) is 2.14. The monoisotopic (exact) mass is 203 g/mol. The predicted octanol–water partition coefficient (Wildman–Crippen LogP) is 2.84. The fourth-order valence-corrected chi connectivity index (χ4v) is 1.10. The van der Waals surface area contributed by atoms with Crippen LogP contribution >= 0.6 is 0 Å². The first-order chi connectivity index (χ1) is 7.25. The summed E-state index contributed by atoms with van der Waals surface area (Å²) in [5.74, 6) is -0.346. The molecular weight excluding hydrogens is 194 g/mol. The normalized spacial score (nSPS) is 10.9. The minimum absolute atomic E-state index is 0.144. The van der Waals surface area contributed by atoms with Crippen molar-refractivity contribution in [3.8, 4) is 11.8 Å². The van der Waals surface area contributed by atoms with E-state index in [0.717, 1.165) is 0 Å². The second-order valence-corrected chi connectivity index (χ2v) is 2.92. The van der Waals surface area contributed by atoms with Crippen molar-refractivity contribution in [2.75, 3.05) is 0 Å². The lowest BCUT2D eigenvalue weighted by Crippen LogP contribution is -1.62. The van der Waals surface area contributed by atoms with Crippen LogP contribution in [0.5, 0.6) is 11.8 Å². The lowest BCUT2D eigenvalue weighted by molar-refractivity contribution is 0.425. The van der Waals surface area contributed by atoms with Crippen molar-refractivity contribution in [3.05, 3.63) is 36.4 Å². The van der Waals surface area contributed by atoms with Crippen LogP contribution in [0.1, 0.15) is 0 Å². The van der Waals surface area contributed by atoms with E-state index < -0.39 is 0 Å². The van der Waals surface area contributed by atoms with Crippen LogP contribution in [0.25, 0.3) is 0 Å². The summed E-state index contributed by atoms with van der Waals surface area (Å²) in [4.78, 5) is 2.30. The molecule has 2 rings (SSSR count). The second kappa shape index (κ2) is 3.83. The van der Waals surface area contributed by atoms with Crippen LogP contribution in [0.2, 0.25) is 0 Å². The first-order valence-corrected chi connectivity index (χ1v) is 4.33. The summed E-state index contributed by atoms with van der Waals surface area (Å²) < 4.78 is 0. The van der Waals surface area contributed by atoms with Gasteiger partial charge in [-0.3, -0.25) is 4.98 Å². The summed E-state index contributed by atoms with van der Waals surface area (Å²) in [6.45, 7) is 0. The van der Waals surface area contributed by atoms with Crippen molar-refractivity contribution >= 4 is 11.4 Å². The van der Waals surface area contributed by atoms with E-state index in [1.165, 1.54) is 6.07 Å². The number of benzene rings is 1. The van der Waals surface area contributed by atoms with Gasteiger partial charge in [-0.25, -0.2) is 0 Å². The topological polar surface area (TPSA) is 81.0 Å². The molecule has 0 amide bonds. The zero-order valence-corrected chi connectivity index (χ0v) is 7.75. The van der Waals surface area contributed by atoms with Crippen molar-refractivity contribution in [1.82, 2.24) is 4.98 Å². The quantitative estimate of drug-likeness (QED) is 0.656. The molecule has 76 valence electrons. The van der Waals surface area contributed by atoms with E-state index in [1.54, 1.807) is 12.1 Å². The highest BCUT2D eigenvalue weighted by atomic mass is 16.3. The highest BCUT2D eigenvalue weighted by molar-refractivity contribution is 5.51. The molecule has 0 atom stereocenters. The Morgan fingerprint density at radius 2 is 1.73 bits per heavy atom. The maximum absolute atomic E-state index is 9.24. The second-order valence-electron chi connectivity index (χ2n) is 2.92. The lowest BCUT2D eigenvalue weighted by atomic mass is 10.3. The van der Waals surface area contributed by atoms with Gasteiger partial charge in [0.25, 0.3) is 0 Å². The smallest absolute Gasteiger partial charge is 0.219 e. The zero-order valence-electron chi connectivity index (χ0n) is 7.75. The highest BCUT2D eigenvalue weighted by Gasteiger charge is 2.04. The number of nitrogens with zero attached hydrogens (tertiary/aromatic N) is 2. The van der Waals surface area contributed by atoms with Gasteiger partial charge in [0.05, 0.1) is 5.69 Å². The summed E-state index contributed by atoms with van der Waals surface area (Å²) >= 11 is 0. The fourth-order valence-electron chi connectivity index (χ4n) is 1.10. The van der Waals surface area contributed by atoms with Gasteiger partial charge in [-0.05, 0) is 12.1 Å². The molecule has 2 aromatic rings. The molecule has 0 saturated carbocycles. The van der Waals surface area contributed by atoms with Gasteiger partial charge < -0.3 is 10.2 Å². The van der Waals surface area contributed by atoms with Gasteiger partial charge in [-0.1, -0.05) is 18.2 Å². The summed E-state index contributed by atoms with van der Waals surface area (Å²) in [7, 11) is 0. The van der Waals surface area contributed by atoms with Gasteiger partial charge >= 0.3 is 0 Å². The Hall–Kier alpha value is -2.30. The van der Waals surface area contributed by atoms with Crippen molar-refractivity contribution in [2.24, 2.45) is 10.2 Å². The summed E-state index contributed by atoms with van der Waals surface area (Å²) in [5.41, 5.74) is 0.883. The molecule has 0 aliphatic rings. The van der Waals surface area contributed by atoms with E-state index in [2.05, 4.69) is 15.2 Å². The van der Waals surface area contributed by atoms with Crippen LogP contribution in [-0.2, 0) is 0 Å². The average molecular weight is 203 g/mol. The van der Waals surface area contributed by atoms with E-state index in [4.69, 9.17) is 5.11 Å². The molecule has 5 heteroatoms. The molecule has 0 radical (unpaired) electrons. The third-order valence-corrected chi connectivity index (χ3v) is 1.79. The van der Waals surface area contributed by atoms with Gasteiger partial charge in [0.1, 0.15) is 0 Å². The number of nitrogens with one attached hydrogen (secondary N) is 1. The number of azo groups is 1. The van der Waals surface area contributed by atoms with Crippen LogP contribution < -0.4 is 0 Å². The van der Waals surface area contributed by atoms with E-state index >= 15 is 0 Å². The Bertz CT molecular complexity index is 477. The number of aromatic hydroxyl groups is 2. The molecule has 0 bridgehead atoms. The molecule has 0 saturated heterocycles. The van der Waals surface area contributed by atoms with Gasteiger partial charge in [-0.15, -0.1) is 5.11 Å². The Labute approximate surface area is 85.7 Å². The molecule has 0 aliphatic heterocycles. The van der Waals surface area contributed by atoms with Gasteiger partial charge in [-0.2, -0.15) is 5.11 Å². The molecule has 1 aromatic heterocycles. The first-order valence-electron chi connectivity index (χ1n) is 4.33. The number of aromatic nitrogens is 1. The van der Waals surface area contributed by atoms with Crippen molar-refractivity contribution in [1.29, 1.82) is 0 Å². The Balaban J connectivity index is 2.22. The minimum atomic E-state index is -0.202. The molecule has 3 N–H and O–H groups in total. The van der Waals surface area contributed by atoms with E-state index in [9.17, 15) is 5.11 Å². The van der Waals surface area contributed by atoms with E-state index in [1.807, 2.05) is 18.2 Å². The molecule has 15 heavy (non-hydrogen) atoms. The largest absolute Gasteiger partial charge is 0.494 e. The standard InChI is InChI=1S/C10H9N3O2/c14-9-6-8(10(15)11-9)13-12-7-4-2-1-3-5-7/h1-6,11,14-15H. The SMILES string of the molecule is Oc1cc(N=Nc2ccccc2)c(O)[nH]1. The molecule has 0 aliphatic carbocycles. The molecule has 0 unspecified atom stereocenters. The number of hydrogen-bond acceptors (Lipinski definition) is 4. The van der Waals surface area contributed by atoms with E-state index in [-0.39, 0.29) is 17.4 Å². The van der Waals surface area contributed by atoms with Crippen molar-refractivity contribution in [3.63, 3.8) is 0 Å². The van der Waals surface area contributed by atoms with Crippen LogP contribution in [0.4, 0.5) is 11.4 Å².